The van der Waals surface area contributed by atoms with Crippen LogP contribution >= 0.6 is 0 Å². The van der Waals surface area contributed by atoms with E-state index in [-0.39, 0.29) is 5.97 Å². The molecule has 4 rings (SSSR count). The molecule has 0 saturated carbocycles. The number of ether oxygens (including phenoxy) is 1. The lowest BCUT2D eigenvalue weighted by molar-refractivity contribution is 0.0495. The lowest BCUT2D eigenvalue weighted by Crippen LogP contribution is -2.25. The Morgan fingerprint density at radius 2 is 1.94 bits per heavy atom. The molecule has 0 aliphatic heterocycles. The molecule has 0 fully saturated rings. The predicted octanol–water partition coefficient (Wildman–Crippen LogP) is 5.66. The molecule has 0 amide bonds. The van der Waals surface area contributed by atoms with E-state index in [2.05, 4.69) is 38.7 Å². The first-order valence-electron chi connectivity index (χ1n) is 12.4. The molecule has 3 heterocycles. The van der Waals surface area contributed by atoms with Crippen LogP contribution in [0.15, 0.2) is 55.0 Å². The van der Waals surface area contributed by atoms with Crippen LogP contribution in [0.3, 0.4) is 0 Å². The monoisotopic (exact) mass is 471 g/mol. The SMILES string of the molecule is CCCN(CC)CCCCOC(=O)c1cnc2ccc(-c3nc[nH]c3-c3cccc(C)n3)cc2c1. The molecule has 182 valence electrons. The van der Waals surface area contributed by atoms with Gasteiger partial charge in [-0.05, 0) is 76.2 Å². The van der Waals surface area contributed by atoms with E-state index in [4.69, 9.17) is 4.74 Å². The summed E-state index contributed by atoms with van der Waals surface area (Å²) in [5.41, 5.74) is 5.64. The number of benzene rings is 1. The lowest BCUT2D eigenvalue weighted by atomic mass is 10.0. The second-order valence-electron chi connectivity index (χ2n) is 8.70. The number of aromatic nitrogens is 4. The number of unbranched alkanes of at least 4 members (excludes halogenated alkanes) is 1. The van der Waals surface area contributed by atoms with E-state index < -0.39 is 0 Å². The Morgan fingerprint density at radius 1 is 1.06 bits per heavy atom. The Balaban J connectivity index is 1.45. The van der Waals surface area contributed by atoms with Crippen LogP contribution in [0, 0.1) is 6.92 Å². The van der Waals surface area contributed by atoms with Crippen LogP contribution in [0.2, 0.25) is 0 Å². The number of nitrogens with zero attached hydrogens (tertiary/aromatic N) is 4. The maximum atomic E-state index is 12.6. The van der Waals surface area contributed by atoms with Gasteiger partial charge in [0, 0.05) is 22.8 Å². The number of nitrogens with one attached hydrogen (secondary N) is 1. The van der Waals surface area contributed by atoms with Crippen molar-refractivity contribution in [3.63, 3.8) is 0 Å². The van der Waals surface area contributed by atoms with Gasteiger partial charge in [0.15, 0.2) is 0 Å². The number of imidazole rings is 1. The van der Waals surface area contributed by atoms with Crippen molar-refractivity contribution >= 4 is 16.9 Å². The fraction of sp³-hybridized carbons (Fsp3) is 0.357. The van der Waals surface area contributed by atoms with E-state index >= 15 is 0 Å². The third kappa shape index (κ3) is 6.11. The van der Waals surface area contributed by atoms with Crippen molar-refractivity contribution in [2.24, 2.45) is 0 Å². The van der Waals surface area contributed by atoms with Gasteiger partial charge in [0.05, 0.1) is 41.1 Å². The van der Waals surface area contributed by atoms with Crippen molar-refractivity contribution in [2.45, 2.75) is 40.0 Å². The van der Waals surface area contributed by atoms with Crippen LogP contribution < -0.4 is 0 Å². The summed E-state index contributed by atoms with van der Waals surface area (Å²) in [6, 6.07) is 13.7. The summed E-state index contributed by atoms with van der Waals surface area (Å²) in [5, 5.41) is 0.862. The molecule has 7 nitrogen and oxygen atoms in total. The van der Waals surface area contributed by atoms with Gasteiger partial charge in [0.25, 0.3) is 0 Å². The number of hydrogen-bond acceptors (Lipinski definition) is 6. The van der Waals surface area contributed by atoms with Gasteiger partial charge in [0.2, 0.25) is 0 Å². The smallest absolute Gasteiger partial charge is 0.339 e. The van der Waals surface area contributed by atoms with Crippen LogP contribution in [0.1, 0.15) is 49.2 Å². The van der Waals surface area contributed by atoms with Gasteiger partial charge in [-0.2, -0.15) is 0 Å². The molecule has 4 aromatic rings. The molecular formula is C28H33N5O2. The fourth-order valence-electron chi connectivity index (χ4n) is 4.21. The molecule has 0 bridgehead atoms. The normalized spacial score (nSPS) is 11.3. The molecule has 0 saturated heterocycles. The molecule has 0 radical (unpaired) electrons. The molecule has 0 atom stereocenters. The van der Waals surface area contributed by atoms with Crippen molar-refractivity contribution in [1.82, 2.24) is 24.8 Å². The van der Waals surface area contributed by atoms with Gasteiger partial charge < -0.3 is 14.6 Å². The van der Waals surface area contributed by atoms with E-state index in [1.165, 1.54) is 0 Å². The molecule has 0 aliphatic carbocycles. The molecule has 7 heteroatoms. The molecule has 0 unspecified atom stereocenters. The minimum Gasteiger partial charge on any atom is -0.462 e. The second kappa shape index (κ2) is 11.7. The average Bonchev–Trinajstić information content (AvgIpc) is 3.37. The van der Waals surface area contributed by atoms with Crippen molar-refractivity contribution in [3.05, 3.63) is 66.2 Å². The van der Waals surface area contributed by atoms with Gasteiger partial charge in [-0.25, -0.2) is 9.78 Å². The van der Waals surface area contributed by atoms with Crippen molar-refractivity contribution < 1.29 is 9.53 Å². The quantitative estimate of drug-likeness (QED) is 0.224. The Kier molecular flexibility index (Phi) is 8.21. The van der Waals surface area contributed by atoms with Gasteiger partial charge >= 0.3 is 5.97 Å². The second-order valence-corrected chi connectivity index (χ2v) is 8.70. The number of pyridine rings is 2. The maximum absolute atomic E-state index is 12.6. The number of carbonyl (C=O) groups excluding carboxylic acids is 1. The van der Waals surface area contributed by atoms with Gasteiger partial charge in [0.1, 0.15) is 0 Å². The minimum absolute atomic E-state index is 0.338. The lowest BCUT2D eigenvalue weighted by Gasteiger charge is -2.19. The Morgan fingerprint density at radius 3 is 2.74 bits per heavy atom. The topological polar surface area (TPSA) is 84.0 Å². The number of carbonyl (C=O) groups is 1. The molecule has 3 aromatic heterocycles. The number of rotatable bonds is 11. The highest BCUT2D eigenvalue weighted by atomic mass is 16.5. The summed E-state index contributed by atoms with van der Waals surface area (Å²) in [6.45, 7) is 9.96. The zero-order chi connectivity index (χ0) is 24.6. The summed E-state index contributed by atoms with van der Waals surface area (Å²) >= 11 is 0. The summed E-state index contributed by atoms with van der Waals surface area (Å²) in [7, 11) is 0. The fourth-order valence-corrected chi connectivity index (χ4v) is 4.21. The Hall–Kier alpha value is -3.58. The maximum Gasteiger partial charge on any atom is 0.339 e. The number of H-pyrrole nitrogens is 1. The highest BCUT2D eigenvalue weighted by molar-refractivity contribution is 5.95. The minimum atomic E-state index is -0.338. The predicted molar refractivity (Wildman–Crippen MR) is 139 cm³/mol. The van der Waals surface area contributed by atoms with Gasteiger partial charge in [-0.1, -0.05) is 26.0 Å². The van der Waals surface area contributed by atoms with Crippen LogP contribution in [0.5, 0.6) is 0 Å². The third-order valence-corrected chi connectivity index (χ3v) is 6.06. The number of aryl methyl sites for hydroxylation is 1. The Bertz CT molecular complexity index is 1280. The third-order valence-electron chi connectivity index (χ3n) is 6.06. The summed E-state index contributed by atoms with van der Waals surface area (Å²) in [5.74, 6) is -0.338. The molecule has 35 heavy (non-hydrogen) atoms. The largest absolute Gasteiger partial charge is 0.462 e. The number of hydrogen-bond donors (Lipinski definition) is 1. The molecular weight excluding hydrogens is 438 g/mol. The van der Waals surface area contributed by atoms with Crippen molar-refractivity contribution in [2.75, 3.05) is 26.2 Å². The van der Waals surface area contributed by atoms with Crippen LogP contribution in [0.25, 0.3) is 33.5 Å². The zero-order valence-electron chi connectivity index (χ0n) is 20.8. The zero-order valence-corrected chi connectivity index (χ0v) is 20.8. The summed E-state index contributed by atoms with van der Waals surface area (Å²) in [6.07, 6.45) is 6.28. The Labute approximate surface area is 206 Å². The van der Waals surface area contributed by atoms with Crippen LogP contribution in [-0.2, 0) is 4.74 Å². The number of fused-ring (bicyclic) bond motifs is 1. The van der Waals surface area contributed by atoms with Crippen molar-refractivity contribution in [1.29, 1.82) is 0 Å². The van der Waals surface area contributed by atoms with Gasteiger partial charge in [-0.15, -0.1) is 0 Å². The van der Waals surface area contributed by atoms with E-state index in [1.807, 2.05) is 49.4 Å². The summed E-state index contributed by atoms with van der Waals surface area (Å²) < 4.78 is 5.52. The van der Waals surface area contributed by atoms with E-state index in [0.717, 1.165) is 78.1 Å². The number of aromatic amines is 1. The average molecular weight is 472 g/mol. The van der Waals surface area contributed by atoms with E-state index in [1.54, 1.807) is 12.5 Å². The van der Waals surface area contributed by atoms with Crippen LogP contribution in [-0.4, -0.2) is 57.0 Å². The van der Waals surface area contributed by atoms with E-state index in [9.17, 15) is 4.79 Å². The first kappa shape index (κ1) is 24.5. The standard InChI is InChI=1S/C28H33N5O2/c1-4-13-33(5-2)14-6-7-15-35-28(34)23-17-22-16-21(11-12-24(22)29-18-23)26-27(31-19-30-26)25-10-8-9-20(3)32-25/h8-12,16-19H,4-7,13-15H2,1-3H3,(H,30,31). The first-order chi connectivity index (χ1) is 17.1. The van der Waals surface area contributed by atoms with Gasteiger partial charge in [-0.3, -0.25) is 9.97 Å². The van der Waals surface area contributed by atoms with Crippen LogP contribution in [0.4, 0.5) is 0 Å². The molecule has 0 spiro atoms. The highest BCUT2D eigenvalue weighted by Gasteiger charge is 2.14. The molecule has 1 aromatic carbocycles. The molecule has 0 aliphatic rings. The summed E-state index contributed by atoms with van der Waals surface area (Å²) in [4.78, 5) is 31.9. The van der Waals surface area contributed by atoms with Crippen molar-refractivity contribution in [3.8, 4) is 22.6 Å². The molecule has 1 N–H and O–H groups in total. The first-order valence-corrected chi connectivity index (χ1v) is 12.4. The number of esters is 1. The highest BCUT2D eigenvalue weighted by Crippen LogP contribution is 2.30. The van der Waals surface area contributed by atoms with E-state index in [0.29, 0.717) is 12.2 Å².